The third-order valence-electron chi connectivity index (χ3n) is 7.91. The highest BCUT2D eigenvalue weighted by molar-refractivity contribution is 14.1. The number of thiophene rings is 1. The van der Waals surface area contributed by atoms with Gasteiger partial charge in [-0.3, -0.25) is 15.0 Å². The monoisotopic (exact) mass is 800 g/mol. The molecule has 0 bridgehead atoms. The second kappa shape index (κ2) is 15.3. The van der Waals surface area contributed by atoms with Gasteiger partial charge in [0.2, 0.25) is 0 Å². The Morgan fingerprint density at radius 3 is 2.08 bits per heavy atom. The summed E-state index contributed by atoms with van der Waals surface area (Å²) in [5.41, 5.74) is 17.8. The molecule has 14 heteroatoms. The minimum absolute atomic E-state index is 0.323. The minimum atomic E-state index is -0.333. The van der Waals surface area contributed by atoms with Crippen molar-refractivity contribution < 1.29 is 0 Å². The summed E-state index contributed by atoms with van der Waals surface area (Å²) in [5.74, 6) is 1.82. The number of rotatable bonds is 10. The van der Waals surface area contributed by atoms with Crippen LogP contribution >= 0.6 is 33.9 Å². The van der Waals surface area contributed by atoms with E-state index in [2.05, 4.69) is 59.6 Å². The third kappa shape index (κ3) is 6.70. The first-order chi connectivity index (χ1) is 25.1. The molecular weight excluding hydrogens is 771 g/mol. The molecule has 12 nitrogen and oxygen atoms in total. The molecule has 4 N–H and O–H groups in total. The van der Waals surface area contributed by atoms with Gasteiger partial charge in [0.05, 0.1) is 17.9 Å². The first kappa shape index (κ1) is 33.6. The lowest BCUT2D eigenvalue weighted by Gasteiger charge is -2.18. The summed E-state index contributed by atoms with van der Waals surface area (Å²) in [4.78, 5) is 46.9. The molecule has 0 fully saturated rings. The Bertz CT molecular complexity index is 2430. The number of fused-ring (bicyclic) bond motifs is 3. The smallest absolute Gasteiger partial charge is 0.161 e. The van der Waals surface area contributed by atoms with Gasteiger partial charge >= 0.3 is 0 Å². The van der Waals surface area contributed by atoms with Crippen molar-refractivity contribution in [3.8, 4) is 45.4 Å². The standard InChI is InChI=1S/C37H29IN12S/c1-22(42-10-3-8-39)23-19-24-25-20-26(35-45-11-4-12-46-35)29(36-47-13-5-14-48-36)31(37-49-15-6-16-50-37)33(25)51-32(24)30(34(40)44-9-2-7-38)28(23)27-21-41-17-18-43-27/h2-6,8-22H,7,39H2,1H3,(H2,40,44)/b8-3-,9-2-,42-10-. The van der Waals surface area contributed by atoms with Crippen LogP contribution in [0.2, 0.25) is 0 Å². The molecule has 1 unspecified atom stereocenters. The second-order valence-electron chi connectivity index (χ2n) is 11.0. The van der Waals surface area contributed by atoms with Gasteiger partial charge in [-0.1, -0.05) is 28.7 Å². The molecule has 0 amide bonds. The van der Waals surface area contributed by atoms with Crippen molar-refractivity contribution in [3.63, 3.8) is 0 Å². The van der Waals surface area contributed by atoms with Gasteiger partial charge in [0.1, 0.15) is 5.84 Å². The number of alkyl halides is 1. The first-order valence-corrected chi connectivity index (χ1v) is 18.1. The van der Waals surface area contributed by atoms with Crippen LogP contribution in [0.3, 0.4) is 0 Å². The average molecular weight is 801 g/mol. The van der Waals surface area contributed by atoms with Crippen LogP contribution in [0.1, 0.15) is 24.1 Å². The number of hydrogen-bond donors (Lipinski definition) is 2. The van der Waals surface area contributed by atoms with Crippen molar-refractivity contribution in [3.05, 3.63) is 122 Å². The maximum atomic E-state index is 6.97. The topological polar surface area (TPSA) is 180 Å². The summed E-state index contributed by atoms with van der Waals surface area (Å²) >= 11 is 3.83. The van der Waals surface area contributed by atoms with Gasteiger partial charge in [0, 0.05) is 114 Å². The fourth-order valence-electron chi connectivity index (χ4n) is 5.81. The number of nitrogens with zero attached hydrogens (tertiary/aromatic N) is 10. The summed E-state index contributed by atoms with van der Waals surface area (Å²) < 4.78 is 2.57. The van der Waals surface area contributed by atoms with E-state index in [-0.39, 0.29) is 6.04 Å². The highest BCUT2D eigenvalue weighted by atomic mass is 127. The summed E-state index contributed by atoms with van der Waals surface area (Å²) in [6.07, 6.45) is 23.8. The fourth-order valence-corrected chi connectivity index (χ4v) is 7.40. The van der Waals surface area contributed by atoms with Crippen LogP contribution < -0.4 is 11.5 Å². The largest absolute Gasteiger partial charge is 0.405 e. The highest BCUT2D eigenvalue weighted by Crippen LogP contribution is 2.50. The predicted octanol–water partition coefficient (Wildman–Crippen LogP) is 7.14. The predicted molar refractivity (Wildman–Crippen MR) is 212 cm³/mol. The highest BCUT2D eigenvalue weighted by Gasteiger charge is 2.29. The van der Waals surface area contributed by atoms with Crippen LogP contribution in [0.25, 0.3) is 65.6 Å². The summed E-state index contributed by atoms with van der Waals surface area (Å²) in [6.45, 7) is 2.01. The lowest BCUT2D eigenvalue weighted by Crippen LogP contribution is -2.16. The van der Waals surface area contributed by atoms with E-state index >= 15 is 0 Å². The van der Waals surface area contributed by atoms with Crippen molar-refractivity contribution >= 4 is 66.2 Å². The number of halogens is 1. The minimum Gasteiger partial charge on any atom is -0.405 e. The molecule has 0 radical (unpaired) electrons. The number of aliphatic imine (C=N–C) groups is 2. The fraction of sp³-hybridized carbons (Fsp3) is 0.0811. The maximum absolute atomic E-state index is 6.97. The number of hydrogen-bond acceptors (Lipinski definition) is 12. The molecule has 5 aromatic heterocycles. The van der Waals surface area contributed by atoms with Crippen molar-refractivity contribution in [2.24, 2.45) is 21.5 Å². The third-order valence-corrected chi connectivity index (χ3v) is 9.67. The van der Waals surface area contributed by atoms with Gasteiger partial charge in [-0.05, 0) is 55.1 Å². The molecule has 0 aliphatic carbocycles. The lowest BCUT2D eigenvalue weighted by molar-refractivity contribution is 0.828. The first-order valence-electron chi connectivity index (χ1n) is 15.7. The summed E-state index contributed by atoms with van der Waals surface area (Å²) in [5, 5.41) is 1.84. The Kier molecular flexibility index (Phi) is 10.1. The van der Waals surface area contributed by atoms with Gasteiger partial charge in [-0.25, -0.2) is 34.9 Å². The zero-order chi connectivity index (χ0) is 35.2. The molecule has 51 heavy (non-hydrogen) atoms. The van der Waals surface area contributed by atoms with E-state index in [1.165, 1.54) is 6.20 Å². The summed E-state index contributed by atoms with van der Waals surface area (Å²) in [7, 11) is 0. The zero-order valence-corrected chi connectivity index (χ0v) is 30.1. The number of allylic oxidation sites excluding steroid dienone is 2. The molecular formula is C37H29IN12S. The molecule has 0 saturated heterocycles. The summed E-state index contributed by atoms with van der Waals surface area (Å²) in [6, 6.07) is 9.25. The molecule has 1 atom stereocenters. The van der Waals surface area contributed by atoms with E-state index in [4.69, 9.17) is 36.4 Å². The quantitative estimate of drug-likeness (QED) is 0.0625. The van der Waals surface area contributed by atoms with Crippen molar-refractivity contribution in [1.29, 1.82) is 0 Å². The van der Waals surface area contributed by atoms with Gasteiger partial charge in [-0.2, -0.15) is 0 Å². The Hall–Kier alpha value is -5.87. The Labute approximate surface area is 310 Å². The molecule has 5 heterocycles. The Morgan fingerprint density at radius 2 is 1.45 bits per heavy atom. The van der Waals surface area contributed by atoms with E-state index in [0.29, 0.717) is 40.1 Å². The average Bonchev–Trinajstić information content (AvgIpc) is 3.55. The molecule has 0 aliphatic rings. The molecule has 0 aliphatic heterocycles. The number of benzene rings is 2. The van der Waals surface area contributed by atoms with Gasteiger partial charge < -0.3 is 11.5 Å². The van der Waals surface area contributed by atoms with E-state index in [1.807, 2.05) is 13.0 Å². The van der Waals surface area contributed by atoms with E-state index in [0.717, 1.165) is 46.9 Å². The molecule has 250 valence electrons. The SMILES string of the molecule is CC(/N=C\C=C/N)c1cc2c(sc3c(-c4ncccn4)c(-c4ncccn4)c(-c4ncccn4)cc32)c(/C(N)=N/C=C\CI)c1-c1cnccn1. The van der Waals surface area contributed by atoms with Crippen molar-refractivity contribution in [2.45, 2.75) is 13.0 Å². The Morgan fingerprint density at radius 1 is 0.804 bits per heavy atom. The van der Waals surface area contributed by atoms with Crippen LogP contribution in [0.4, 0.5) is 0 Å². The van der Waals surface area contributed by atoms with Crippen LogP contribution in [0, 0.1) is 0 Å². The van der Waals surface area contributed by atoms with E-state index in [1.54, 1.807) is 104 Å². The second-order valence-corrected chi connectivity index (χ2v) is 12.9. The number of nitrogens with two attached hydrogens (primary N) is 2. The van der Waals surface area contributed by atoms with E-state index in [9.17, 15) is 0 Å². The van der Waals surface area contributed by atoms with Crippen LogP contribution in [-0.2, 0) is 0 Å². The van der Waals surface area contributed by atoms with Gasteiger partial charge in [0.25, 0.3) is 0 Å². The zero-order valence-electron chi connectivity index (χ0n) is 27.2. The van der Waals surface area contributed by atoms with Gasteiger partial charge in [0.15, 0.2) is 17.5 Å². The normalized spacial score (nSPS) is 12.9. The maximum Gasteiger partial charge on any atom is 0.161 e. The van der Waals surface area contributed by atoms with Crippen molar-refractivity contribution in [2.75, 3.05) is 4.43 Å². The van der Waals surface area contributed by atoms with Crippen LogP contribution in [-0.4, -0.2) is 56.3 Å². The van der Waals surface area contributed by atoms with Crippen LogP contribution in [0.5, 0.6) is 0 Å². The lowest BCUT2D eigenvalue weighted by atomic mass is 9.89. The molecule has 0 saturated carbocycles. The van der Waals surface area contributed by atoms with E-state index < -0.39 is 0 Å². The molecule has 7 aromatic rings. The van der Waals surface area contributed by atoms with Gasteiger partial charge in [-0.15, -0.1) is 11.3 Å². The molecule has 7 rings (SSSR count). The van der Waals surface area contributed by atoms with Crippen molar-refractivity contribution in [1.82, 2.24) is 39.9 Å². The number of aromatic nitrogens is 8. The van der Waals surface area contributed by atoms with Crippen LogP contribution in [0.15, 0.2) is 121 Å². The Balaban J connectivity index is 1.71. The molecule has 0 spiro atoms. The number of amidine groups is 1. The molecule has 2 aromatic carbocycles.